The van der Waals surface area contributed by atoms with Gasteiger partial charge in [0, 0.05) is 61.8 Å². The number of rotatable bonds is 11. The Morgan fingerprint density at radius 3 is 2.22 bits per heavy atom. The fourth-order valence-electron chi connectivity index (χ4n) is 11.0. The number of thiocarbonyl (C=S) groups is 1. The third-order valence-corrected chi connectivity index (χ3v) is 16.1. The summed E-state index contributed by atoms with van der Waals surface area (Å²) in [6.45, 7) is 20.1. The molecule has 0 bridgehead atoms. The van der Waals surface area contributed by atoms with E-state index in [4.69, 9.17) is 31.2 Å². The first-order valence-electron chi connectivity index (χ1n) is 23.5. The lowest BCUT2D eigenvalue weighted by Gasteiger charge is -2.51. The van der Waals surface area contributed by atoms with Gasteiger partial charge in [-0.15, -0.1) is 0 Å². The van der Waals surface area contributed by atoms with Crippen LogP contribution in [0.15, 0.2) is 28.7 Å². The van der Waals surface area contributed by atoms with Crippen molar-refractivity contribution < 1.29 is 49.3 Å². The Hall–Kier alpha value is -1.54. The number of hydrogen-bond acceptors (Lipinski definition) is 13. The van der Waals surface area contributed by atoms with Crippen LogP contribution in [0.5, 0.6) is 0 Å². The number of methoxy groups -OCH3 is 1. The third kappa shape index (κ3) is 13.4. The molecule has 7 N–H and O–H groups in total. The molecule has 64 heavy (non-hydrogen) atoms. The summed E-state index contributed by atoms with van der Waals surface area (Å²) in [6, 6.07) is 6.84. The number of ether oxygens (including phenoxy) is 4. The number of nitrogens with one attached hydrogen (secondary N) is 2. The van der Waals surface area contributed by atoms with Crippen molar-refractivity contribution in [2.24, 2.45) is 29.6 Å². The number of carbonyl (C=O) groups is 1. The van der Waals surface area contributed by atoms with Gasteiger partial charge < -0.3 is 60.0 Å². The largest absolute Gasteiger partial charge is 0.459 e. The Labute approximate surface area is 397 Å². The quantitative estimate of drug-likeness (QED) is 0.111. The zero-order valence-corrected chi connectivity index (χ0v) is 43.2. The van der Waals surface area contributed by atoms with Crippen LogP contribution in [0.25, 0.3) is 0 Å². The summed E-state index contributed by atoms with van der Waals surface area (Å²) in [5.74, 6) is -2.51. The average molecular weight is 988 g/mol. The first kappa shape index (κ1) is 55.1. The number of benzene rings is 1. The number of aliphatic hydroxyl groups is 5. The zero-order valence-electron chi connectivity index (χ0n) is 40.8. The molecule has 3 aliphatic heterocycles. The summed E-state index contributed by atoms with van der Waals surface area (Å²) < 4.78 is 26.1. The van der Waals surface area contributed by atoms with Crippen molar-refractivity contribution in [3.63, 3.8) is 0 Å². The Kier molecular flexibility index (Phi) is 19.9. The molecule has 0 radical (unpaired) electrons. The number of aliphatic hydroxyl groups excluding tert-OH is 3. The molecule has 18 atom stereocenters. The zero-order chi connectivity index (χ0) is 48.1. The van der Waals surface area contributed by atoms with E-state index in [0.717, 1.165) is 10.2 Å². The molecule has 3 heterocycles. The van der Waals surface area contributed by atoms with Crippen LogP contribution in [0.4, 0.5) is 5.69 Å². The van der Waals surface area contributed by atoms with Crippen LogP contribution in [0.3, 0.4) is 0 Å². The van der Waals surface area contributed by atoms with Gasteiger partial charge in [0.2, 0.25) is 0 Å². The number of carbonyl (C=O) groups excluding carboxylic acids is 1. The van der Waals surface area contributed by atoms with Gasteiger partial charge in [0.1, 0.15) is 23.9 Å². The molecule has 0 amide bonds. The van der Waals surface area contributed by atoms with Gasteiger partial charge in [-0.1, -0.05) is 50.5 Å². The topological polar surface area (TPSA) is 186 Å². The molecule has 0 aromatic heterocycles. The van der Waals surface area contributed by atoms with Crippen molar-refractivity contribution in [2.45, 2.75) is 185 Å². The number of hydrogen-bond donors (Lipinski definition) is 7. The molecule has 16 heteroatoms. The monoisotopic (exact) mass is 987 g/mol. The van der Waals surface area contributed by atoms with Crippen LogP contribution >= 0.6 is 28.1 Å². The Balaban J connectivity index is 1.82. The minimum absolute atomic E-state index is 0.114. The van der Waals surface area contributed by atoms with Gasteiger partial charge >= 0.3 is 5.97 Å². The lowest BCUT2D eigenvalue weighted by Crippen LogP contribution is -2.60. The predicted molar refractivity (Wildman–Crippen MR) is 258 cm³/mol. The average Bonchev–Trinajstić information content (AvgIpc) is 3.23. The number of anilines is 1. The van der Waals surface area contributed by atoms with Crippen molar-refractivity contribution in [1.82, 2.24) is 15.1 Å². The number of cyclic esters (lactones) is 1. The number of halogens is 1. The van der Waals surface area contributed by atoms with Crippen LogP contribution in [0.2, 0.25) is 0 Å². The number of nitrogens with zero attached hydrogens (tertiary/aromatic N) is 2. The predicted octanol–water partition coefficient (Wildman–Crippen LogP) is 5.35. The van der Waals surface area contributed by atoms with Gasteiger partial charge in [0.05, 0.1) is 47.6 Å². The van der Waals surface area contributed by atoms with Gasteiger partial charge in [-0.3, -0.25) is 9.69 Å². The van der Waals surface area contributed by atoms with Crippen LogP contribution < -0.4 is 10.6 Å². The van der Waals surface area contributed by atoms with E-state index in [2.05, 4.69) is 45.3 Å². The molecule has 4 rings (SSSR count). The van der Waals surface area contributed by atoms with Crippen LogP contribution in [-0.2, 0) is 23.7 Å². The highest BCUT2D eigenvalue weighted by Gasteiger charge is 2.53. The lowest BCUT2D eigenvalue weighted by molar-refractivity contribution is -0.226. The maximum absolute atomic E-state index is 14.2. The SMILES string of the molecule is CC[C@@H]1OC(=O)[C@H](C)[C@H](C)[C@@H](C)[C@H](C[C@@H]2CC(C)(OC)[C@H](O)[C@H](C)O2)C(O)(C[C@@H]2O[C@H](C)C[C@H](N(C)C)[C@@H]2O)C[C@H](C)CN(CCNC(=S)Nc2ccc(Br)cc2)[C@H](C)[C@@H](O)C1(C)O. The lowest BCUT2D eigenvalue weighted by atomic mass is 9.63. The molecule has 368 valence electrons. The Bertz CT molecular complexity index is 1650. The molecule has 3 unspecified atom stereocenters. The van der Waals surface area contributed by atoms with Gasteiger partial charge in [0.25, 0.3) is 0 Å². The summed E-state index contributed by atoms with van der Waals surface area (Å²) in [5.41, 5.74) is -3.37. The van der Waals surface area contributed by atoms with Gasteiger partial charge in [-0.25, -0.2) is 0 Å². The minimum atomic E-state index is -1.81. The highest BCUT2D eigenvalue weighted by atomic mass is 79.9. The van der Waals surface area contributed by atoms with E-state index in [1.165, 1.54) is 6.92 Å². The molecule has 3 saturated heterocycles. The second-order valence-electron chi connectivity index (χ2n) is 20.5. The molecule has 0 aliphatic carbocycles. The summed E-state index contributed by atoms with van der Waals surface area (Å²) in [4.78, 5) is 18.3. The molecule has 3 aliphatic rings. The first-order chi connectivity index (χ1) is 29.8. The van der Waals surface area contributed by atoms with Crippen LogP contribution in [0.1, 0.15) is 108 Å². The molecular formula is C48H83BrN4O10S. The maximum Gasteiger partial charge on any atom is 0.309 e. The molecular weight excluding hydrogens is 905 g/mol. The summed E-state index contributed by atoms with van der Waals surface area (Å²) >= 11 is 9.12. The van der Waals surface area contributed by atoms with E-state index >= 15 is 0 Å². The Morgan fingerprint density at radius 1 is 0.984 bits per heavy atom. The Morgan fingerprint density at radius 2 is 1.62 bits per heavy atom. The van der Waals surface area contributed by atoms with Crippen molar-refractivity contribution in [3.05, 3.63) is 28.7 Å². The van der Waals surface area contributed by atoms with Crippen molar-refractivity contribution >= 4 is 44.9 Å². The second kappa shape index (κ2) is 23.2. The molecule has 1 aromatic carbocycles. The molecule has 0 saturated carbocycles. The van der Waals surface area contributed by atoms with E-state index in [-0.39, 0.29) is 49.2 Å². The number of esters is 1. The van der Waals surface area contributed by atoms with E-state index < -0.39 is 83.4 Å². The van der Waals surface area contributed by atoms with E-state index in [1.807, 2.05) is 91.7 Å². The van der Waals surface area contributed by atoms with Crippen molar-refractivity contribution in [1.29, 1.82) is 0 Å². The molecule has 0 spiro atoms. The van der Waals surface area contributed by atoms with E-state index in [1.54, 1.807) is 7.11 Å². The van der Waals surface area contributed by atoms with Gasteiger partial charge in [-0.2, -0.15) is 0 Å². The molecule has 3 fully saturated rings. The standard InChI is InChI=1S/C48H83BrN4O10S/c1-14-40-47(10,58)42(55)32(7)53(20-19-50-45(64)51-35-17-15-34(49)16-18-35)26-27(2)23-48(59,25-39-41(54)38(52(11)12)21-28(3)61-39)37(30(5)29(4)31(6)44(57)63-40)22-36-24-46(9,60-13)43(56)33(8)62-36/h15-18,27-33,36-43,54-56,58-59H,14,19-26H2,1-13H3,(H2,50,51,64)/t27-,28+,29+,30+,31+,32+,33-,36+,37-,38-,39-,40-,41-,42+,43+,46?,47?,48?/m0/s1. The summed E-state index contributed by atoms with van der Waals surface area (Å²) in [5, 5.41) is 68.1. The summed E-state index contributed by atoms with van der Waals surface area (Å²) in [6.07, 6.45) is -3.90. The van der Waals surface area contributed by atoms with Crippen molar-refractivity contribution in [3.8, 4) is 0 Å². The normalized spacial score (nSPS) is 42.3. The van der Waals surface area contributed by atoms with E-state index in [9.17, 15) is 30.3 Å². The minimum Gasteiger partial charge on any atom is -0.459 e. The highest BCUT2D eigenvalue weighted by molar-refractivity contribution is 9.10. The maximum atomic E-state index is 14.2. The molecule has 1 aromatic rings. The first-order valence-corrected chi connectivity index (χ1v) is 24.7. The highest BCUT2D eigenvalue weighted by Crippen LogP contribution is 2.47. The smallest absolute Gasteiger partial charge is 0.309 e. The fraction of sp³-hybridized carbons (Fsp3) is 0.833. The van der Waals surface area contributed by atoms with Crippen molar-refractivity contribution in [2.75, 3.05) is 46.2 Å². The third-order valence-electron chi connectivity index (χ3n) is 15.3. The van der Waals surface area contributed by atoms with Crippen LogP contribution in [-0.4, -0.2) is 165 Å². The summed E-state index contributed by atoms with van der Waals surface area (Å²) in [7, 11) is 5.49. The number of likely N-dealkylation sites (N-methyl/N-ethyl adjacent to an activating group) is 1. The van der Waals surface area contributed by atoms with E-state index in [0.29, 0.717) is 44.0 Å². The van der Waals surface area contributed by atoms with Gasteiger partial charge in [-0.05, 0) is 135 Å². The fourth-order valence-corrected chi connectivity index (χ4v) is 11.4. The molecule has 14 nitrogen and oxygen atoms in total. The van der Waals surface area contributed by atoms with Crippen LogP contribution in [0, 0.1) is 29.6 Å². The second-order valence-corrected chi connectivity index (χ2v) is 21.8. The van der Waals surface area contributed by atoms with Gasteiger partial charge in [0.15, 0.2) is 5.11 Å².